The van der Waals surface area contributed by atoms with Crippen molar-refractivity contribution in [2.24, 2.45) is 0 Å². The number of carboxylic acids is 1. The monoisotopic (exact) mass is 263 g/mol. The maximum atomic E-state index is 10.8. The topological polar surface area (TPSA) is 40.5 Å². The maximum Gasteiger partial charge on any atom is 0.335 e. The van der Waals surface area contributed by atoms with Crippen molar-refractivity contribution in [1.82, 2.24) is 4.90 Å². The van der Waals surface area contributed by atoms with Crippen molar-refractivity contribution in [3.8, 4) is 0 Å². The fourth-order valence-electron chi connectivity index (χ4n) is 2.07. The van der Waals surface area contributed by atoms with Crippen molar-refractivity contribution in [1.29, 1.82) is 0 Å². The van der Waals surface area contributed by atoms with E-state index in [9.17, 15) is 4.79 Å². The lowest BCUT2D eigenvalue weighted by molar-refractivity contribution is 0.0697. The minimum atomic E-state index is -0.866. The molecule has 1 aromatic carbocycles. The van der Waals surface area contributed by atoms with Crippen molar-refractivity contribution in [2.75, 3.05) is 6.54 Å². The highest BCUT2D eigenvalue weighted by Crippen LogP contribution is 2.11. The van der Waals surface area contributed by atoms with E-state index in [1.54, 1.807) is 12.1 Å². The van der Waals surface area contributed by atoms with Gasteiger partial charge in [-0.15, -0.1) is 0 Å². The van der Waals surface area contributed by atoms with Crippen LogP contribution in [0.1, 0.15) is 56.0 Å². The molecule has 0 aliphatic carbocycles. The zero-order valence-electron chi connectivity index (χ0n) is 12.2. The van der Waals surface area contributed by atoms with Gasteiger partial charge < -0.3 is 5.11 Å². The number of carboxylic acid groups (broad SMARTS) is 1. The molecule has 0 amide bonds. The van der Waals surface area contributed by atoms with Gasteiger partial charge in [-0.2, -0.15) is 0 Å². The highest BCUT2D eigenvalue weighted by Gasteiger charge is 2.10. The Morgan fingerprint density at radius 1 is 1.21 bits per heavy atom. The summed E-state index contributed by atoms with van der Waals surface area (Å²) >= 11 is 0. The first kappa shape index (κ1) is 15.7. The van der Waals surface area contributed by atoms with E-state index in [0.29, 0.717) is 11.6 Å². The summed E-state index contributed by atoms with van der Waals surface area (Å²) in [5.41, 5.74) is 1.53. The van der Waals surface area contributed by atoms with Gasteiger partial charge in [-0.05, 0) is 44.5 Å². The molecular formula is C16H25NO2. The molecule has 1 N–H and O–H groups in total. The van der Waals surface area contributed by atoms with E-state index in [2.05, 4.69) is 25.7 Å². The zero-order valence-corrected chi connectivity index (χ0v) is 12.2. The minimum Gasteiger partial charge on any atom is -0.478 e. The Morgan fingerprint density at radius 2 is 1.84 bits per heavy atom. The number of benzene rings is 1. The third kappa shape index (κ3) is 5.43. The Morgan fingerprint density at radius 3 is 2.32 bits per heavy atom. The minimum absolute atomic E-state index is 0.353. The molecule has 0 atom stereocenters. The summed E-state index contributed by atoms with van der Waals surface area (Å²) in [6, 6.07) is 7.71. The van der Waals surface area contributed by atoms with Crippen molar-refractivity contribution in [3.63, 3.8) is 0 Å². The SMILES string of the molecule is CCCCCN(Cc1ccc(C(=O)O)cc1)C(C)C. The van der Waals surface area contributed by atoms with Gasteiger partial charge in [0.25, 0.3) is 0 Å². The summed E-state index contributed by atoms with van der Waals surface area (Å²) < 4.78 is 0. The lowest BCUT2D eigenvalue weighted by Crippen LogP contribution is -2.31. The van der Waals surface area contributed by atoms with Crippen LogP contribution in [0.25, 0.3) is 0 Å². The Bertz CT molecular complexity index is 384. The third-order valence-corrected chi connectivity index (χ3v) is 3.37. The predicted molar refractivity (Wildman–Crippen MR) is 78.5 cm³/mol. The van der Waals surface area contributed by atoms with Gasteiger partial charge in [0.2, 0.25) is 0 Å². The van der Waals surface area contributed by atoms with Crippen LogP contribution < -0.4 is 0 Å². The largest absolute Gasteiger partial charge is 0.478 e. The number of hydrogen-bond donors (Lipinski definition) is 1. The van der Waals surface area contributed by atoms with Gasteiger partial charge in [0.05, 0.1) is 5.56 Å². The number of nitrogens with zero attached hydrogens (tertiary/aromatic N) is 1. The van der Waals surface area contributed by atoms with E-state index in [0.717, 1.165) is 13.1 Å². The second kappa shape index (κ2) is 7.95. The van der Waals surface area contributed by atoms with Gasteiger partial charge >= 0.3 is 5.97 Å². The number of unbranched alkanes of at least 4 members (excludes halogenated alkanes) is 2. The molecule has 0 aromatic heterocycles. The van der Waals surface area contributed by atoms with E-state index >= 15 is 0 Å². The third-order valence-electron chi connectivity index (χ3n) is 3.37. The van der Waals surface area contributed by atoms with Gasteiger partial charge in [0, 0.05) is 12.6 Å². The smallest absolute Gasteiger partial charge is 0.335 e. The van der Waals surface area contributed by atoms with Crippen LogP contribution in [0.15, 0.2) is 24.3 Å². The van der Waals surface area contributed by atoms with Crippen molar-refractivity contribution in [3.05, 3.63) is 35.4 Å². The molecule has 0 saturated heterocycles. The van der Waals surface area contributed by atoms with Gasteiger partial charge in [-0.3, -0.25) is 4.90 Å². The first-order chi connectivity index (χ1) is 9.04. The fourth-order valence-corrected chi connectivity index (χ4v) is 2.07. The van der Waals surface area contributed by atoms with Crippen LogP contribution in [0.3, 0.4) is 0 Å². The Hall–Kier alpha value is -1.35. The van der Waals surface area contributed by atoms with Crippen LogP contribution in [0.4, 0.5) is 0 Å². The lowest BCUT2D eigenvalue weighted by Gasteiger charge is -2.26. The summed E-state index contributed by atoms with van der Waals surface area (Å²) in [5, 5.41) is 8.88. The van der Waals surface area contributed by atoms with E-state index in [1.165, 1.54) is 24.8 Å². The molecule has 3 heteroatoms. The first-order valence-electron chi connectivity index (χ1n) is 7.11. The summed E-state index contributed by atoms with van der Waals surface area (Å²) in [5.74, 6) is -0.866. The first-order valence-corrected chi connectivity index (χ1v) is 7.11. The highest BCUT2D eigenvalue weighted by molar-refractivity contribution is 5.87. The molecule has 0 aliphatic heterocycles. The van der Waals surface area contributed by atoms with Crippen LogP contribution in [0.5, 0.6) is 0 Å². The van der Waals surface area contributed by atoms with E-state index in [4.69, 9.17) is 5.11 Å². The van der Waals surface area contributed by atoms with Gasteiger partial charge in [-0.1, -0.05) is 31.9 Å². The second-order valence-electron chi connectivity index (χ2n) is 5.27. The predicted octanol–water partition coefficient (Wildman–Crippen LogP) is 3.79. The molecule has 0 radical (unpaired) electrons. The van der Waals surface area contributed by atoms with Crippen molar-refractivity contribution >= 4 is 5.97 Å². The van der Waals surface area contributed by atoms with Crippen molar-refractivity contribution < 1.29 is 9.90 Å². The quantitative estimate of drug-likeness (QED) is 0.725. The van der Waals surface area contributed by atoms with Gasteiger partial charge in [0.15, 0.2) is 0 Å². The Labute approximate surface area is 116 Å². The zero-order chi connectivity index (χ0) is 14.3. The van der Waals surface area contributed by atoms with E-state index in [1.807, 2.05) is 12.1 Å². The van der Waals surface area contributed by atoms with Crippen LogP contribution in [0, 0.1) is 0 Å². The number of aromatic carboxylic acids is 1. The molecule has 19 heavy (non-hydrogen) atoms. The molecule has 3 nitrogen and oxygen atoms in total. The summed E-state index contributed by atoms with van der Waals surface area (Å²) in [6.45, 7) is 8.62. The van der Waals surface area contributed by atoms with Crippen LogP contribution in [-0.2, 0) is 6.54 Å². The molecule has 0 fully saturated rings. The van der Waals surface area contributed by atoms with E-state index < -0.39 is 5.97 Å². The van der Waals surface area contributed by atoms with Gasteiger partial charge in [0.1, 0.15) is 0 Å². The molecule has 106 valence electrons. The lowest BCUT2D eigenvalue weighted by atomic mass is 10.1. The van der Waals surface area contributed by atoms with Crippen molar-refractivity contribution in [2.45, 2.75) is 52.6 Å². The fraction of sp³-hybridized carbons (Fsp3) is 0.562. The molecule has 1 rings (SSSR count). The normalized spacial score (nSPS) is 11.2. The second-order valence-corrected chi connectivity index (χ2v) is 5.27. The molecule has 0 unspecified atom stereocenters. The average Bonchev–Trinajstić information content (AvgIpc) is 2.38. The molecular weight excluding hydrogens is 238 g/mol. The van der Waals surface area contributed by atoms with Crippen LogP contribution >= 0.6 is 0 Å². The Balaban J connectivity index is 2.60. The van der Waals surface area contributed by atoms with E-state index in [-0.39, 0.29) is 0 Å². The average molecular weight is 263 g/mol. The summed E-state index contributed by atoms with van der Waals surface area (Å²) in [7, 11) is 0. The maximum absolute atomic E-state index is 10.8. The molecule has 0 bridgehead atoms. The van der Waals surface area contributed by atoms with Gasteiger partial charge in [-0.25, -0.2) is 4.79 Å². The summed E-state index contributed by atoms with van der Waals surface area (Å²) in [4.78, 5) is 13.2. The summed E-state index contributed by atoms with van der Waals surface area (Å²) in [6.07, 6.45) is 3.72. The van der Waals surface area contributed by atoms with Crippen LogP contribution in [0.2, 0.25) is 0 Å². The number of hydrogen-bond acceptors (Lipinski definition) is 2. The molecule has 1 aromatic rings. The highest BCUT2D eigenvalue weighted by atomic mass is 16.4. The molecule has 0 aliphatic rings. The number of carbonyl (C=O) groups is 1. The Kier molecular flexibility index (Phi) is 6.57. The number of rotatable bonds is 8. The molecule has 0 heterocycles. The molecule has 0 saturated carbocycles. The molecule has 0 spiro atoms. The standard InChI is InChI=1S/C16H25NO2/c1-4-5-6-11-17(13(2)3)12-14-7-9-15(10-8-14)16(18)19/h7-10,13H,4-6,11-12H2,1-3H3,(H,18,19). The van der Waals surface area contributed by atoms with Crippen LogP contribution in [-0.4, -0.2) is 28.6 Å².